The molecule has 5 heteroatoms. The second-order valence-electron chi connectivity index (χ2n) is 6.31. The standard InChI is InChI=1S/C16H29N5/c1-11-7-6-8-14(9-11)19-16(17-4)18-10-15-12(2)20-21(5)13(15)3/h11,14H,6-10H2,1-5H3,(H2,17,18,19). The smallest absolute Gasteiger partial charge is 0.191 e. The van der Waals surface area contributed by atoms with E-state index >= 15 is 0 Å². The third-order valence-corrected chi connectivity index (χ3v) is 4.59. The third kappa shape index (κ3) is 3.99. The average molecular weight is 291 g/mol. The van der Waals surface area contributed by atoms with E-state index in [-0.39, 0.29) is 0 Å². The van der Waals surface area contributed by atoms with Crippen molar-refractivity contribution < 1.29 is 0 Å². The van der Waals surface area contributed by atoms with Crippen molar-refractivity contribution in [2.24, 2.45) is 18.0 Å². The zero-order valence-electron chi connectivity index (χ0n) is 14.0. The number of nitrogens with zero attached hydrogens (tertiary/aromatic N) is 3. The molecule has 1 aliphatic carbocycles. The quantitative estimate of drug-likeness (QED) is 0.663. The van der Waals surface area contributed by atoms with Gasteiger partial charge in [-0.05, 0) is 32.6 Å². The molecule has 5 nitrogen and oxygen atoms in total. The van der Waals surface area contributed by atoms with Gasteiger partial charge in [0.05, 0.1) is 5.69 Å². The van der Waals surface area contributed by atoms with Crippen molar-refractivity contribution in [1.82, 2.24) is 20.4 Å². The molecule has 118 valence electrons. The SMILES string of the molecule is CN=C(NCc1c(C)nn(C)c1C)NC1CCCC(C)C1. The lowest BCUT2D eigenvalue weighted by Gasteiger charge is -2.28. The van der Waals surface area contributed by atoms with Crippen LogP contribution in [0.2, 0.25) is 0 Å². The lowest BCUT2D eigenvalue weighted by atomic mass is 9.87. The largest absolute Gasteiger partial charge is 0.354 e. The van der Waals surface area contributed by atoms with E-state index in [2.05, 4.69) is 41.5 Å². The lowest BCUT2D eigenvalue weighted by Crippen LogP contribution is -2.44. The molecule has 2 unspecified atom stereocenters. The van der Waals surface area contributed by atoms with Crippen molar-refractivity contribution >= 4 is 5.96 Å². The van der Waals surface area contributed by atoms with Gasteiger partial charge in [-0.2, -0.15) is 5.10 Å². The van der Waals surface area contributed by atoms with Crippen LogP contribution in [0, 0.1) is 19.8 Å². The van der Waals surface area contributed by atoms with E-state index in [9.17, 15) is 0 Å². The molecule has 1 aliphatic rings. The third-order valence-electron chi connectivity index (χ3n) is 4.59. The molecule has 0 amide bonds. The average Bonchev–Trinajstić information content (AvgIpc) is 2.69. The predicted molar refractivity (Wildman–Crippen MR) is 87.4 cm³/mol. The molecule has 1 fully saturated rings. The molecule has 1 aromatic heterocycles. The summed E-state index contributed by atoms with van der Waals surface area (Å²) in [6, 6.07) is 0.552. The van der Waals surface area contributed by atoms with Crippen LogP contribution in [0.25, 0.3) is 0 Å². The Bertz CT molecular complexity index is 503. The Morgan fingerprint density at radius 2 is 2.14 bits per heavy atom. The zero-order valence-corrected chi connectivity index (χ0v) is 14.0. The van der Waals surface area contributed by atoms with Crippen LogP contribution in [0.15, 0.2) is 4.99 Å². The van der Waals surface area contributed by atoms with E-state index < -0.39 is 0 Å². The van der Waals surface area contributed by atoms with Crippen molar-refractivity contribution in [3.05, 3.63) is 17.0 Å². The number of guanidine groups is 1. The van der Waals surface area contributed by atoms with Crippen molar-refractivity contribution in [2.75, 3.05) is 7.05 Å². The number of aryl methyl sites for hydroxylation is 2. The minimum atomic E-state index is 0.552. The maximum absolute atomic E-state index is 4.46. The predicted octanol–water partition coefficient (Wildman–Crippen LogP) is 2.28. The first-order valence-corrected chi connectivity index (χ1v) is 7.97. The summed E-state index contributed by atoms with van der Waals surface area (Å²) in [5, 5.41) is 11.4. The summed E-state index contributed by atoms with van der Waals surface area (Å²) in [6.45, 7) is 7.28. The van der Waals surface area contributed by atoms with Gasteiger partial charge in [-0.3, -0.25) is 9.67 Å². The molecule has 1 aromatic rings. The highest BCUT2D eigenvalue weighted by molar-refractivity contribution is 5.80. The second kappa shape index (κ2) is 6.96. The number of aromatic nitrogens is 2. The number of hydrogen-bond acceptors (Lipinski definition) is 2. The van der Waals surface area contributed by atoms with E-state index in [0.29, 0.717) is 6.04 Å². The zero-order chi connectivity index (χ0) is 15.4. The van der Waals surface area contributed by atoms with Gasteiger partial charge in [0.15, 0.2) is 5.96 Å². The molecular formula is C16H29N5. The fraction of sp³-hybridized carbons (Fsp3) is 0.750. The number of aliphatic imine (C=N–C) groups is 1. The van der Waals surface area contributed by atoms with Gasteiger partial charge in [0.1, 0.15) is 0 Å². The van der Waals surface area contributed by atoms with Crippen molar-refractivity contribution in [3.8, 4) is 0 Å². The summed E-state index contributed by atoms with van der Waals surface area (Å²) in [6.07, 6.45) is 5.16. The fourth-order valence-electron chi connectivity index (χ4n) is 3.20. The van der Waals surface area contributed by atoms with E-state index in [0.717, 1.165) is 24.1 Å². The summed E-state index contributed by atoms with van der Waals surface area (Å²) in [5.74, 6) is 1.72. The Kier molecular flexibility index (Phi) is 5.26. The van der Waals surface area contributed by atoms with Gasteiger partial charge in [0, 0.05) is 37.9 Å². The first-order valence-electron chi connectivity index (χ1n) is 7.97. The second-order valence-corrected chi connectivity index (χ2v) is 6.31. The molecule has 1 saturated carbocycles. The van der Waals surface area contributed by atoms with Crippen molar-refractivity contribution in [3.63, 3.8) is 0 Å². The molecule has 0 aliphatic heterocycles. The number of nitrogens with one attached hydrogen (secondary N) is 2. The van der Waals surface area contributed by atoms with Crippen LogP contribution >= 0.6 is 0 Å². The van der Waals surface area contributed by atoms with E-state index in [1.807, 2.05) is 18.8 Å². The molecule has 2 N–H and O–H groups in total. The number of hydrogen-bond donors (Lipinski definition) is 2. The van der Waals surface area contributed by atoms with Gasteiger partial charge in [-0.15, -0.1) is 0 Å². The van der Waals surface area contributed by atoms with Crippen LogP contribution in [0.1, 0.15) is 49.6 Å². The first kappa shape index (κ1) is 15.9. The van der Waals surface area contributed by atoms with Crippen LogP contribution in [0.5, 0.6) is 0 Å². The van der Waals surface area contributed by atoms with Gasteiger partial charge in [-0.1, -0.05) is 19.8 Å². The van der Waals surface area contributed by atoms with Gasteiger partial charge in [-0.25, -0.2) is 0 Å². The molecular weight excluding hydrogens is 262 g/mol. The van der Waals surface area contributed by atoms with Crippen LogP contribution in [-0.2, 0) is 13.6 Å². The highest BCUT2D eigenvalue weighted by Gasteiger charge is 2.19. The fourth-order valence-corrected chi connectivity index (χ4v) is 3.20. The monoisotopic (exact) mass is 291 g/mol. The van der Waals surface area contributed by atoms with Gasteiger partial charge < -0.3 is 10.6 Å². The summed E-state index contributed by atoms with van der Waals surface area (Å²) in [4.78, 5) is 4.36. The minimum Gasteiger partial charge on any atom is -0.354 e. The number of rotatable bonds is 3. The highest BCUT2D eigenvalue weighted by Crippen LogP contribution is 2.23. The summed E-state index contributed by atoms with van der Waals surface area (Å²) >= 11 is 0. The van der Waals surface area contributed by atoms with Crippen LogP contribution in [-0.4, -0.2) is 28.8 Å². The molecule has 0 radical (unpaired) electrons. The van der Waals surface area contributed by atoms with Crippen molar-refractivity contribution in [2.45, 2.75) is 59.0 Å². The summed E-state index contributed by atoms with van der Waals surface area (Å²) in [5.41, 5.74) is 3.56. The maximum atomic E-state index is 4.46. The molecule has 0 saturated heterocycles. The van der Waals surface area contributed by atoms with Crippen molar-refractivity contribution in [1.29, 1.82) is 0 Å². The molecule has 2 rings (SSSR count). The molecule has 0 aromatic carbocycles. The van der Waals surface area contributed by atoms with Crippen LogP contribution in [0.3, 0.4) is 0 Å². The van der Waals surface area contributed by atoms with Gasteiger partial charge in [0.25, 0.3) is 0 Å². The Balaban J connectivity index is 1.91. The summed E-state index contributed by atoms with van der Waals surface area (Å²) < 4.78 is 1.94. The summed E-state index contributed by atoms with van der Waals surface area (Å²) in [7, 11) is 3.83. The van der Waals surface area contributed by atoms with E-state index in [1.165, 1.54) is 36.9 Å². The van der Waals surface area contributed by atoms with Crippen LogP contribution in [0.4, 0.5) is 0 Å². The Morgan fingerprint density at radius 3 is 2.71 bits per heavy atom. The molecule has 0 spiro atoms. The van der Waals surface area contributed by atoms with Gasteiger partial charge >= 0.3 is 0 Å². The Morgan fingerprint density at radius 1 is 1.38 bits per heavy atom. The molecule has 0 bridgehead atoms. The highest BCUT2D eigenvalue weighted by atomic mass is 15.3. The normalized spacial score (nSPS) is 23.2. The topological polar surface area (TPSA) is 54.2 Å². The maximum Gasteiger partial charge on any atom is 0.191 e. The Labute approximate surface area is 128 Å². The first-order chi connectivity index (χ1) is 10.0. The van der Waals surface area contributed by atoms with Crippen LogP contribution < -0.4 is 10.6 Å². The van der Waals surface area contributed by atoms with Gasteiger partial charge in [0.2, 0.25) is 0 Å². The Hall–Kier alpha value is -1.52. The molecule has 21 heavy (non-hydrogen) atoms. The minimum absolute atomic E-state index is 0.552. The lowest BCUT2D eigenvalue weighted by molar-refractivity contribution is 0.324. The molecule has 2 atom stereocenters. The van der Waals surface area contributed by atoms with E-state index in [4.69, 9.17) is 0 Å². The molecule has 1 heterocycles. The van der Waals surface area contributed by atoms with E-state index in [1.54, 1.807) is 0 Å².